The van der Waals surface area contributed by atoms with Crippen LogP contribution < -0.4 is 11.1 Å². The highest BCUT2D eigenvalue weighted by Gasteiger charge is 2.19. The number of pyridine rings is 1. The van der Waals surface area contributed by atoms with E-state index in [1.165, 1.54) is 16.9 Å². The number of amides is 1. The van der Waals surface area contributed by atoms with Gasteiger partial charge in [0.2, 0.25) is 0 Å². The molecule has 0 bridgehead atoms. The molecule has 0 unspecified atom stereocenters. The molecule has 0 saturated heterocycles. The Bertz CT molecular complexity index is 1760. The van der Waals surface area contributed by atoms with Crippen LogP contribution in [0.1, 0.15) is 50.9 Å². The fourth-order valence-electron chi connectivity index (χ4n) is 4.18. The first-order valence-electron chi connectivity index (χ1n) is 12.6. The quantitative estimate of drug-likeness (QED) is 0.147. The van der Waals surface area contributed by atoms with Gasteiger partial charge in [0.05, 0.1) is 16.4 Å². The number of carbonyl (C=O) groups excluding carboxylic acids is 2. The second-order valence-electron chi connectivity index (χ2n) is 9.57. The van der Waals surface area contributed by atoms with Crippen molar-refractivity contribution in [1.82, 2.24) is 4.98 Å². The molecule has 0 aliphatic carbocycles. The molecule has 0 fully saturated rings. The van der Waals surface area contributed by atoms with Gasteiger partial charge in [-0.2, -0.15) is 0 Å². The van der Waals surface area contributed by atoms with Gasteiger partial charge in [-0.3, -0.25) is 9.59 Å². The van der Waals surface area contributed by atoms with Gasteiger partial charge in [-0.25, -0.2) is 4.98 Å². The Balaban J connectivity index is 1.28. The molecule has 2 heterocycles. The van der Waals surface area contributed by atoms with E-state index in [0.29, 0.717) is 53.7 Å². The Morgan fingerprint density at radius 1 is 0.950 bits per heavy atom. The summed E-state index contributed by atoms with van der Waals surface area (Å²) in [6, 6.07) is 23.7. The molecule has 2 aromatic heterocycles. The summed E-state index contributed by atoms with van der Waals surface area (Å²) in [6.07, 6.45) is 3.35. The number of allylic oxidation sites excluding steroid dienone is 1. The van der Waals surface area contributed by atoms with Crippen molar-refractivity contribution in [2.75, 3.05) is 11.1 Å². The summed E-state index contributed by atoms with van der Waals surface area (Å²) in [5.41, 5.74) is 11.3. The minimum atomic E-state index is -0.351. The third kappa shape index (κ3) is 5.94. The lowest BCUT2D eigenvalue weighted by molar-refractivity contribution is 0.102. The zero-order chi connectivity index (χ0) is 28.4. The minimum Gasteiger partial charge on any atom is -0.397 e. The number of hydrogen-bond acceptors (Lipinski definition) is 5. The van der Waals surface area contributed by atoms with Crippen molar-refractivity contribution in [3.8, 4) is 11.3 Å². The summed E-state index contributed by atoms with van der Waals surface area (Å²) in [5, 5.41) is 4.57. The number of hydrogen-bond donors (Lipinski definition) is 2. The van der Waals surface area contributed by atoms with Gasteiger partial charge in [-0.1, -0.05) is 67.4 Å². The van der Waals surface area contributed by atoms with Gasteiger partial charge in [0.25, 0.3) is 5.91 Å². The van der Waals surface area contributed by atoms with Crippen molar-refractivity contribution in [1.29, 1.82) is 0 Å². The van der Waals surface area contributed by atoms with Crippen LogP contribution in [0.25, 0.3) is 27.6 Å². The Morgan fingerprint density at radius 2 is 1.68 bits per heavy atom. The molecule has 0 radical (unpaired) electrons. The highest BCUT2D eigenvalue weighted by Crippen LogP contribution is 2.36. The number of nitrogens with two attached hydrogens (primary N) is 1. The molecular formula is C32H25Cl2N3O2S. The van der Waals surface area contributed by atoms with Crippen molar-refractivity contribution in [3.63, 3.8) is 0 Å². The average molecular weight is 587 g/mol. The number of aromatic nitrogens is 1. The smallest absolute Gasteiger partial charge is 0.267 e. The number of ketones is 1. The number of rotatable bonds is 7. The monoisotopic (exact) mass is 585 g/mol. The van der Waals surface area contributed by atoms with Crippen molar-refractivity contribution in [3.05, 3.63) is 117 Å². The maximum Gasteiger partial charge on any atom is 0.267 e. The number of nitrogen functional groups attached to an aromatic ring is 1. The van der Waals surface area contributed by atoms with Gasteiger partial charge in [0.15, 0.2) is 5.78 Å². The topological polar surface area (TPSA) is 85.1 Å². The van der Waals surface area contributed by atoms with E-state index in [4.69, 9.17) is 28.9 Å². The average Bonchev–Trinajstić information content (AvgIpc) is 3.28. The summed E-state index contributed by atoms with van der Waals surface area (Å²) in [5.74, 6) is -0.0177. The Morgan fingerprint density at radius 3 is 2.35 bits per heavy atom. The number of nitrogens with zero attached hydrogens (tertiary/aromatic N) is 1. The SMILES string of the molecule is CC(C)c1ccc(/C=C/C(=O)c2ccc(NC(=O)c3sc4nc(-c5ccc(Cl)cc5Cl)ccc4c3N)cc2)cc1. The van der Waals surface area contributed by atoms with Crippen molar-refractivity contribution < 1.29 is 9.59 Å². The number of carbonyl (C=O) groups is 2. The van der Waals surface area contributed by atoms with E-state index in [0.717, 1.165) is 11.1 Å². The molecule has 200 valence electrons. The number of nitrogens with one attached hydrogen (secondary N) is 1. The zero-order valence-electron chi connectivity index (χ0n) is 21.7. The summed E-state index contributed by atoms with van der Waals surface area (Å²) in [7, 11) is 0. The van der Waals surface area contributed by atoms with Gasteiger partial charge in [0.1, 0.15) is 9.71 Å². The molecule has 8 heteroatoms. The highest BCUT2D eigenvalue weighted by molar-refractivity contribution is 7.21. The van der Waals surface area contributed by atoms with Gasteiger partial charge in [-0.15, -0.1) is 11.3 Å². The number of anilines is 2. The number of benzene rings is 3. The van der Waals surface area contributed by atoms with Crippen LogP contribution in [0.15, 0.2) is 84.9 Å². The summed E-state index contributed by atoms with van der Waals surface area (Å²) >= 11 is 13.6. The van der Waals surface area contributed by atoms with Crippen LogP contribution in [0.3, 0.4) is 0 Å². The predicted molar refractivity (Wildman–Crippen MR) is 168 cm³/mol. The molecule has 0 atom stereocenters. The molecule has 0 aliphatic rings. The molecule has 5 nitrogen and oxygen atoms in total. The van der Waals surface area contributed by atoms with E-state index in [1.807, 2.05) is 24.3 Å². The normalized spacial score (nSPS) is 11.4. The third-order valence-corrected chi connectivity index (χ3v) is 8.13. The fourth-order valence-corrected chi connectivity index (χ4v) is 5.67. The molecule has 0 saturated carbocycles. The lowest BCUT2D eigenvalue weighted by Crippen LogP contribution is -2.12. The van der Waals surface area contributed by atoms with Gasteiger partial charge in [-0.05, 0) is 77.7 Å². The van der Waals surface area contributed by atoms with Crippen molar-refractivity contribution in [2.24, 2.45) is 0 Å². The van der Waals surface area contributed by atoms with E-state index >= 15 is 0 Å². The standard InChI is InChI=1S/C32H25Cl2N3O2S/c1-18(2)20-6-3-19(4-7-20)5-16-28(38)21-8-11-23(12-9-21)36-31(39)30-29(35)25-14-15-27(37-32(25)40-30)24-13-10-22(33)17-26(24)34/h3-18H,35H2,1-2H3,(H,36,39)/b16-5+. The molecule has 40 heavy (non-hydrogen) atoms. The summed E-state index contributed by atoms with van der Waals surface area (Å²) in [6.45, 7) is 4.29. The van der Waals surface area contributed by atoms with Crippen molar-refractivity contribution >= 4 is 73.9 Å². The van der Waals surface area contributed by atoms with Gasteiger partial charge < -0.3 is 11.1 Å². The predicted octanol–water partition coefficient (Wildman–Crippen LogP) is 9.12. The third-order valence-electron chi connectivity index (χ3n) is 6.46. The Hall–Kier alpha value is -3.97. The summed E-state index contributed by atoms with van der Waals surface area (Å²) < 4.78 is 0. The second kappa shape index (κ2) is 11.6. The molecular weight excluding hydrogens is 561 g/mol. The molecule has 1 amide bonds. The lowest BCUT2D eigenvalue weighted by atomic mass is 10.0. The Kier molecular flexibility index (Phi) is 8.03. The molecule has 5 rings (SSSR count). The van der Waals surface area contributed by atoms with Crippen LogP contribution in [0, 0.1) is 0 Å². The van der Waals surface area contributed by atoms with E-state index < -0.39 is 0 Å². The van der Waals surface area contributed by atoms with E-state index in [2.05, 4.69) is 36.3 Å². The van der Waals surface area contributed by atoms with E-state index in [-0.39, 0.29) is 11.7 Å². The van der Waals surface area contributed by atoms with Crippen LogP contribution in [0.5, 0.6) is 0 Å². The minimum absolute atomic E-state index is 0.123. The Labute approximate surface area is 246 Å². The first-order valence-corrected chi connectivity index (χ1v) is 14.1. The van der Waals surface area contributed by atoms with Crippen LogP contribution in [-0.4, -0.2) is 16.7 Å². The second-order valence-corrected chi connectivity index (χ2v) is 11.4. The largest absolute Gasteiger partial charge is 0.397 e. The summed E-state index contributed by atoms with van der Waals surface area (Å²) in [4.78, 5) is 31.4. The first-order chi connectivity index (χ1) is 19.2. The van der Waals surface area contributed by atoms with Crippen LogP contribution in [0.2, 0.25) is 10.0 Å². The molecule has 3 N–H and O–H groups in total. The molecule has 5 aromatic rings. The maximum atomic E-state index is 13.1. The maximum absolute atomic E-state index is 13.1. The number of halogens is 2. The number of fused-ring (bicyclic) bond motifs is 1. The van der Waals surface area contributed by atoms with Crippen LogP contribution in [0.4, 0.5) is 11.4 Å². The van der Waals surface area contributed by atoms with Crippen LogP contribution >= 0.6 is 34.5 Å². The van der Waals surface area contributed by atoms with Crippen LogP contribution in [-0.2, 0) is 0 Å². The van der Waals surface area contributed by atoms with E-state index in [9.17, 15) is 9.59 Å². The zero-order valence-corrected chi connectivity index (χ0v) is 24.1. The highest BCUT2D eigenvalue weighted by atomic mass is 35.5. The number of thiophene rings is 1. The van der Waals surface area contributed by atoms with Gasteiger partial charge >= 0.3 is 0 Å². The molecule has 0 aliphatic heterocycles. The molecule has 3 aromatic carbocycles. The lowest BCUT2D eigenvalue weighted by Gasteiger charge is -2.05. The molecule has 0 spiro atoms. The van der Waals surface area contributed by atoms with E-state index in [1.54, 1.807) is 54.6 Å². The first kappa shape index (κ1) is 27.6. The van der Waals surface area contributed by atoms with Crippen molar-refractivity contribution in [2.45, 2.75) is 19.8 Å². The fraction of sp³-hybridized carbons (Fsp3) is 0.0938. The van der Waals surface area contributed by atoms with Gasteiger partial charge in [0, 0.05) is 27.2 Å².